The summed E-state index contributed by atoms with van der Waals surface area (Å²) in [4.78, 5) is 4.27. The zero-order valence-corrected chi connectivity index (χ0v) is 18.8. The standard InChI is InChI=1S/C18H25FN6S.HI/c1-20-18(21-10-13-6-7-15(19)9-14(13)12-26-2)22-11-17-24-23-16-5-3-4-8-25(16)17;/h6-7,9H,3-5,8,10-12H2,1-2H3,(H2,20,21,22);1H. The number of guanidine groups is 1. The zero-order chi connectivity index (χ0) is 18.4. The van der Waals surface area contributed by atoms with Crippen LogP contribution >= 0.6 is 35.7 Å². The maximum absolute atomic E-state index is 13.5. The molecule has 0 aliphatic carbocycles. The molecule has 0 unspecified atom stereocenters. The third-order valence-electron chi connectivity index (χ3n) is 4.49. The molecule has 1 aromatic heterocycles. The number of benzene rings is 1. The Morgan fingerprint density at radius 2 is 2.04 bits per heavy atom. The van der Waals surface area contributed by atoms with Crippen LogP contribution in [-0.2, 0) is 31.8 Å². The van der Waals surface area contributed by atoms with Gasteiger partial charge in [-0.25, -0.2) is 4.39 Å². The van der Waals surface area contributed by atoms with Crippen molar-refractivity contribution < 1.29 is 4.39 Å². The van der Waals surface area contributed by atoms with Gasteiger partial charge in [-0.05, 0) is 42.4 Å². The lowest BCUT2D eigenvalue weighted by molar-refractivity contribution is 0.504. The summed E-state index contributed by atoms with van der Waals surface area (Å²) in [6.07, 6.45) is 5.38. The Morgan fingerprint density at radius 3 is 2.81 bits per heavy atom. The molecule has 3 rings (SSSR count). The number of thioether (sulfide) groups is 1. The third-order valence-corrected chi connectivity index (χ3v) is 5.09. The van der Waals surface area contributed by atoms with E-state index in [2.05, 4.69) is 30.4 Å². The van der Waals surface area contributed by atoms with Crippen LogP contribution in [0.2, 0.25) is 0 Å². The van der Waals surface area contributed by atoms with Gasteiger partial charge >= 0.3 is 0 Å². The van der Waals surface area contributed by atoms with Gasteiger partial charge in [0.1, 0.15) is 11.6 Å². The van der Waals surface area contributed by atoms with Gasteiger partial charge in [-0.15, -0.1) is 34.2 Å². The molecule has 2 N–H and O–H groups in total. The summed E-state index contributed by atoms with van der Waals surface area (Å²) in [5.41, 5.74) is 2.08. The molecule has 0 amide bonds. The summed E-state index contributed by atoms with van der Waals surface area (Å²) >= 11 is 1.68. The number of aryl methyl sites for hydroxylation is 1. The van der Waals surface area contributed by atoms with Crippen LogP contribution in [0.3, 0.4) is 0 Å². The summed E-state index contributed by atoms with van der Waals surface area (Å²) in [6.45, 7) is 2.15. The topological polar surface area (TPSA) is 67.1 Å². The van der Waals surface area contributed by atoms with E-state index in [-0.39, 0.29) is 29.8 Å². The van der Waals surface area contributed by atoms with Crippen molar-refractivity contribution in [2.45, 2.75) is 44.6 Å². The highest BCUT2D eigenvalue weighted by atomic mass is 127. The van der Waals surface area contributed by atoms with Crippen LogP contribution in [0.1, 0.15) is 35.6 Å². The summed E-state index contributed by atoms with van der Waals surface area (Å²) in [7, 11) is 1.74. The lowest BCUT2D eigenvalue weighted by Crippen LogP contribution is -2.37. The molecule has 1 aromatic carbocycles. The molecule has 0 saturated carbocycles. The minimum atomic E-state index is -0.197. The summed E-state index contributed by atoms with van der Waals surface area (Å²) in [6, 6.07) is 4.93. The van der Waals surface area contributed by atoms with E-state index in [1.807, 2.05) is 12.3 Å². The number of hydrogen-bond acceptors (Lipinski definition) is 4. The maximum Gasteiger partial charge on any atom is 0.191 e. The highest BCUT2D eigenvalue weighted by Gasteiger charge is 2.15. The summed E-state index contributed by atoms with van der Waals surface area (Å²) < 4.78 is 15.7. The number of aliphatic imine (C=N–C) groups is 1. The minimum Gasteiger partial charge on any atom is -0.352 e. The van der Waals surface area contributed by atoms with Gasteiger partial charge in [-0.1, -0.05) is 6.07 Å². The summed E-state index contributed by atoms with van der Waals surface area (Å²) in [5.74, 6) is 3.29. The van der Waals surface area contributed by atoms with Crippen molar-refractivity contribution in [1.29, 1.82) is 0 Å². The van der Waals surface area contributed by atoms with E-state index in [0.717, 1.165) is 41.5 Å². The van der Waals surface area contributed by atoms with Gasteiger partial charge in [-0.3, -0.25) is 4.99 Å². The van der Waals surface area contributed by atoms with Crippen LogP contribution in [0.25, 0.3) is 0 Å². The first-order valence-corrected chi connectivity index (χ1v) is 10.2. The molecule has 1 aliphatic heterocycles. The maximum atomic E-state index is 13.5. The first kappa shape index (κ1) is 21.9. The molecule has 0 radical (unpaired) electrons. The number of halogens is 2. The second kappa shape index (κ2) is 10.8. The molecule has 2 aromatic rings. The van der Waals surface area contributed by atoms with Crippen LogP contribution in [-0.4, -0.2) is 34.0 Å². The third kappa shape index (κ3) is 5.81. The Hall–Kier alpha value is -1.36. The average molecular weight is 504 g/mol. The highest BCUT2D eigenvalue weighted by molar-refractivity contribution is 14.0. The molecule has 2 heterocycles. The monoisotopic (exact) mass is 504 g/mol. The highest BCUT2D eigenvalue weighted by Crippen LogP contribution is 2.17. The number of nitrogens with one attached hydrogen (secondary N) is 2. The quantitative estimate of drug-likeness (QED) is 0.360. The molecular weight excluding hydrogens is 478 g/mol. The molecule has 148 valence electrons. The predicted molar refractivity (Wildman–Crippen MR) is 119 cm³/mol. The van der Waals surface area contributed by atoms with Crippen molar-refractivity contribution in [3.8, 4) is 0 Å². The van der Waals surface area contributed by atoms with Gasteiger partial charge in [0, 0.05) is 32.3 Å². The van der Waals surface area contributed by atoms with Crippen LogP contribution in [0.5, 0.6) is 0 Å². The average Bonchev–Trinajstić information content (AvgIpc) is 3.07. The van der Waals surface area contributed by atoms with Crippen LogP contribution in [0.15, 0.2) is 23.2 Å². The van der Waals surface area contributed by atoms with Crippen molar-refractivity contribution >= 4 is 41.7 Å². The van der Waals surface area contributed by atoms with Gasteiger partial charge in [0.15, 0.2) is 11.8 Å². The fraction of sp³-hybridized carbons (Fsp3) is 0.500. The Balaban J connectivity index is 0.00000261. The Kier molecular flexibility index (Phi) is 8.81. The normalized spacial score (nSPS) is 13.7. The van der Waals surface area contributed by atoms with Crippen LogP contribution in [0, 0.1) is 5.82 Å². The van der Waals surface area contributed by atoms with Crippen LogP contribution in [0.4, 0.5) is 4.39 Å². The fourth-order valence-corrected chi connectivity index (χ4v) is 3.70. The minimum absolute atomic E-state index is 0. The van der Waals surface area contributed by atoms with E-state index in [1.165, 1.54) is 18.9 Å². The number of aromatic nitrogens is 3. The van der Waals surface area contributed by atoms with Gasteiger partial charge < -0.3 is 15.2 Å². The number of hydrogen-bond donors (Lipinski definition) is 2. The Labute approximate surface area is 180 Å². The smallest absolute Gasteiger partial charge is 0.191 e. The van der Waals surface area contributed by atoms with Gasteiger partial charge in [0.05, 0.1) is 6.54 Å². The van der Waals surface area contributed by atoms with E-state index in [9.17, 15) is 4.39 Å². The van der Waals surface area contributed by atoms with Gasteiger partial charge in [-0.2, -0.15) is 11.8 Å². The zero-order valence-electron chi connectivity index (χ0n) is 15.7. The lowest BCUT2D eigenvalue weighted by Gasteiger charge is -2.16. The number of fused-ring (bicyclic) bond motifs is 1. The number of nitrogens with zero attached hydrogens (tertiary/aromatic N) is 4. The molecular formula is C18H26FIN6S. The predicted octanol–water partition coefficient (Wildman–Crippen LogP) is 3.10. The van der Waals surface area contributed by atoms with Crippen LogP contribution < -0.4 is 10.6 Å². The molecule has 0 bridgehead atoms. The van der Waals surface area contributed by atoms with E-state index in [1.54, 1.807) is 24.9 Å². The van der Waals surface area contributed by atoms with E-state index in [4.69, 9.17) is 0 Å². The molecule has 0 spiro atoms. The van der Waals surface area contributed by atoms with E-state index in [0.29, 0.717) is 19.0 Å². The first-order chi connectivity index (χ1) is 12.7. The van der Waals surface area contributed by atoms with Gasteiger partial charge in [0.25, 0.3) is 0 Å². The lowest BCUT2D eigenvalue weighted by atomic mass is 10.1. The molecule has 9 heteroatoms. The molecule has 0 fully saturated rings. The molecule has 0 atom stereocenters. The first-order valence-electron chi connectivity index (χ1n) is 8.83. The molecule has 27 heavy (non-hydrogen) atoms. The second-order valence-corrected chi connectivity index (χ2v) is 7.13. The van der Waals surface area contributed by atoms with E-state index < -0.39 is 0 Å². The van der Waals surface area contributed by atoms with Crippen molar-refractivity contribution in [2.24, 2.45) is 4.99 Å². The molecule has 1 aliphatic rings. The summed E-state index contributed by atoms with van der Waals surface area (Å²) in [5, 5.41) is 15.2. The Morgan fingerprint density at radius 1 is 1.22 bits per heavy atom. The van der Waals surface area contributed by atoms with Crippen molar-refractivity contribution in [1.82, 2.24) is 25.4 Å². The largest absolute Gasteiger partial charge is 0.352 e. The van der Waals surface area contributed by atoms with E-state index >= 15 is 0 Å². The second-order valence-electron chi connectivity index (χ2n) is 6.27. The fourth-order valence-electron chi connectivity index (χ4n) is 3.12. The SMILES string of the molecule is CN=C(NCc1ccc(F)cc1CSC)NCc1nnc2n1CCCC2.I. The van der Waals surface area contributed by atoms with Crippen molar-refractivity contribution in [2.75, 3.05) is 13.3 Å². The van der Waals surface area contributed by atoms with Crippen molar-refractivity contribution in [3.05, 3.63) is 46.8 Å². The van der Waals surface area contributed by atoms with Crippen molar-refractivity contribution in [3.63, 3.8) is 0 Å². The molecule has 0 saturated heterocycles. The Bertz CT molecular complexity index is 779. The number of rotatable bonds is 6. The van der Waals surface area contributed by atoms with Gasteiger partial charge in [0.2, 0.25) is 0 Å². The molecule has 6 nitrogen and oxygen atoms in total.